The van der Waals surface area contributed by atoms with Crippen molar-refractivity contribution < 1.29 is 42.1 Å². The Hall–Kier alpha value is -3.59. The van der Waals surface area contributed by atoms with Gasteiger partial charge in [0, 0.05) is 12.8 Å². The first kappa shape index (κ1) is 68.4. The molecule has 0 heterocycles. The first-order chi connectivity index (χ1) is 35.0. The van der Waals surface area contributed by atoms with Gasteiger partial charge >= 0.3 is 11.9 Å². The number of allylic oxidation sites excluding steroid dienone is 20. The molecule has 0 amide bonds. The molecule has 0 fully saturated rings. The number of likely N-dealkylation sites (N-methyl/N-ethyl adjacent to an activating group) is 1. The minimum absolute atomic E-state index is 0.0414. The lowest BCUT2D eigenvalue weighted by Gasteiger charge is -2.28. The quantitative estimate of drug-likeness (QED) is 0.0195. The van der Waals surface area contributed by atoms with Gasteiger partial charge in [-0.25, -0.2) is 0 Å². The van der Waals surface area contributed by atoms with E-state index in [1.54, 1.807) is 0 Å². The van der Waals surface area contributed by atoms with E-state index in [1.165, 1.54) is 64.2 Å². The van der Waals surface area contributed by atoms with Gasteiger partial charge in [-0.3, -0.25) is 14.2 Å². The second-order valence-corrected chi connectivity index (χ2v) is 20.9. The normalized spacial score (nSPS) is 14.2. The van der Waals surface area contributed by atoms with Crippen LogP contribution in [-0.2, 0) is 32.7 Å². The van der Waals surface area contributed by atoms with E-state index in [0.717, 1.165) is 103 Å². The molecule has 0 spiro atoms. The van der Waals surface area contributed by atoms with Gasteiger partial charge < -0.3 is 27.9 Å². The summed E-state index contributed by atoms with van der Waals surface area (Å²) in [7, 11) is 1.13. The number of nitrogens with zero attached hydrogens (tertiary/aromatic N) is 1. The summed E-state index contributed by atoms with van der Waals surface area (Å²) in [4.78, 5) is 37.7. The Labute approximate surface area is 441 Å². The molecular weight excluding hydrogens is 918 g/mol. The first-order valence-electron chi connectivity index (χ1n) is 28.2. The molecule has 0 aliphatic carbocycles. The zero-order valence-electron chi connectivity index (χ0n) is 46.3. The lowest BCUT2D eigenvalue weighted by molar-refractivity contribution is -0.870. The van der Waals surface area contributed by atoms with Gasteiger partial charge in [0.2, 0.25) is 0 Å². The van der Waals surface area contributed by atoms with Gasteiger partial charge in [0.15, 0.2) is 6.10 Å². The van der Waals surface area contributed by atoms with E-state index < -0.39 is 32.5 Å². The second-order valence-electron chi connectivity index (χ2n) is 19.5. The van der Waals surface area contributed by atoms with Crippen LogP contribution in [0.2, 0.25) is 0 Å². The smallest absolute Gasteiger partial charge is 0.306 e. The lowest BCUT2D eigenvalue weighted by atomic mass is 10.0. The average molecular weight is 1020 g/mol. The van der Waals surface area contributed by atoms with Gasteiger partial charge in [0.05, 0.1) is 27.7 Å². The molecule has 0 N–H and O–H groups in total. The highest BCUT2D eigenvalue weighted by molar-refractivity contribution is 7.45. The fraction of sp³-hybridized carbons (Fsp3) is 0.645. The maximum atomic E-state index is 12.8. The predicted molar refractivity (Wildman–Crippen MR) is 305 cm³/mol. The summed E-state index contributed by atoms with van der Waals surface area (Å²) in [5.41, 5.74) is 0. The van der Waals surface area contributed by atoms with Crippen molar-refractivity contribution in [1.82, 2.24) is 0 Å². The van der Waals surface area contributed by atoms with Crippen molar-refractivity contribution in [3.05, 3.63) is 122 Å². The summed E-state index contributed by atoms with van der Waals surface area (Å²) in [6, 6.07) is 0. The molecule has 0 aliphatic rings. The van der Waals surface area contributed by atoms with Crippen LogP contribution >= 0.6 is 7.82 Å². The summed E-state index contributed by atoms with van der Waals surface area (Å²) < 4.78 is 34.0. The van der Waals surface area contributed by atoms with E-state index in [2.05, 4.69) is 135 Å². The third kappa shape index (κ3) is 55.7. The number of hydrogen-bond acceptors (Lipinski definition) is 8. The van der Waals surface area contributed by atoms with Crippen molar-refractivity contribution in [3.8, 4) is 0 Å². The molecule has 10 heteroatoms. The highest BCUT2D eigenvalue weighted by Gasteiger charge is 2.21. The van der Waals surface area contributed by atoms with Crippen LogP contribution in [0.4, 0.5) is 0 Å². The number of quaternary nitrogens is 1. The van der Waals surface area contributed by atoms with Crippen molar-refractivity contribution in [3.63, 3.8) is 0 Å². The summed E-state index contributed by atoms with van der Waals surface area (Å²) in [5.74, 6) is -0.877. The van der Waals surface area contributed by atoms with Crippen molar-refractivity contribution in [2.24, 2.45) is 0 Å². The minimum Gasteiger partial charge on any atom is -0.756 e. The molecule has 0 aromatic carbocycles. The van der Waals surface area contributed by atoms with Gasteiger partial charge in [-0.2, -0.15) is 0 Å². The van der Waals surface area contributed by atoms with E-state index in [4.69, 9.17) is 18.5 Å². The van der Waals surface area contributed by atoms with Crippen LogP contribution in [0, 0.1) is 0 Å². The number of unbranched alkanes of at least 4 members (excludes halogenated alkanes) is 16. The molecule has 0 radical (unpaired) electrons. The van der Waals surface area contributed by atoms with Crippen LogP contribution in [0.3, 0.4) is 0 Å². The van der Waals surface area contributed by atoms with E-state index in [1.807, 2.05) is 21.1 Å². The van der Waals surface area contributed by atoms with Crippen LogP contribution in [0.5, 0.6) is 0 Å². The molecule has 0 rings (SSSR count). The fourth-order valence-corrected chi connectivity index (χ4v) is 7.91. The average Bonchev–Trinajstić information content (AvgIpc) is 3.34. The highest BCUT2D eigenvalue weighted by atomic mass is 31.2. The minimum atomic E-state index is -4.65. The second kappa shape index (κ2) is 52.3. The summed E-state index contributed by atoms with van der Waals surface area (Å²) in [6.45, 7) is 3.95. The molecule has 2 unspecified atom stereocenters. The zero-order chi connectivity index (χ0) is 52.7. The third-order valence-electron chi connectivity index (χ3n) is 11.5. The van der Waals surface area contributed by atoms with Crippen LogP contribution in [-0.4, -0.2) is 70.0 Å². The summed E-state index contributed by atoms with van der Waals surface area (Å²) >= 11 is 0. The number of esters is 2. The topological polar surface area (TPSA) is 111 Å². The molecular formula is C62H104NO8P. The molecule has 0 aromatic rings. The van der Waals surface area contributed by atoms with Gasteiger partial charge in [0.25, 0.3) is 7.82 Å². The summed E-state index contributed by atoms with van der Waals surface area (Å²) in [6.07, 6.45) is 74.0. The molecule has 0 saturated carbocycles. The van der Waals surface area contributed by atoms with Gasteiger partial charge in [-0.05, 0) is 103 Å². The Bertz CT molecular complexity index is 1630. The molecule has 0 saturated heterocycles. The third-order valence-corrected chi connectivity index (χ3v) is 12.4. The van der Waals surface area contributed by atoms with Crippen molar-refractivity contribution >= 4 is 19.8 Å². The maximum absolute atomic E-state index is 12.8. The Morgan fingerprint density at radius 1 is 0.431 bits per heavy atom. The molecule has 9 nitrogen and oxygen atoms in total. The van der Waals surface area contributed by atoms with E-state index in [0.29, 0.717) is 23.9 Å². The van der Waals surface area contributed by atoms with Gasteiger partial charge in [-0.15, -0.1) is 0 Å². The Kier molecular flexibility index (Phi) is 49.7. The number of phosphoric acid groups is 1. The molecule has 0 aromatic heterocycles. The number of ether oxygens (including phenoxy) is 2. The van der Waals surface area contributed by atoms with Crippen molar-refractivity contribution in [2.45, 2.75) is 213 Å². The van der Waals surface area contributed by atoms with Crippen molar-refractivity contribution in [2.75, 3.05) is 47.5 Å². The number of carbonyl (C=O) groups excluding carboxylic acids is 2. The van der Waals surface area contributed by atoms with Gasteiger partial charge in [0.1, 0.15) is 19.8 Å². The lowest BCUT2D eigenvalue weighted by Crippen LogP contribution is -2.37. The maximum Gasteiger partial charge on any atom is 0.306 e. The van der Waals surface area contributed by atoms with Crippen LogP contribution in [0.1, 0.15) is 206 Å². The Morgan fingerprint density at radius 3 is 1.12 bits per heavy atom. The Balaban J connectivity index is 4.10. The number of rotatable bonds is 50. The fourth-order valence-electron chi connectivity index (χ4n) is 7.18. The largest absolute Gasteiger partial charge is 0.756 e. The van der Waals surface area contributed by atoms with Crippen LogP contribution < -0.4 is 4.89 Å². The molecule has 410 valence electrons. The zero-order valence-corrected chi connectivity index (χ0v) is 47.2. The van der Waals surface area contributed by atoms with E-state index >= 15 is 0 Å². The SMILES string of the molecule is CC/C=C\C/C=C\C/C=C\C/C=C\C/C=C\C/C=C\C/C=C\CCCCCCCCCCCCCCCC(=O)OC(COC(=O)CCCCC/C=C\C/C=C\C/C=C\CC)COP(=O)([O-])OCC[N+](C)(C)C. The standard InChI is InChI=1S/C62H104NO8P/c1-6-8-10-12-14-16-18-20-21-22-23-24-25-26-27-28-29-30-31-32-33-34-35-36-37-38-39-40-41-43-45-47-49-51-53-55-62(65)71-60(59-70-72(66,67)69-57-56-63(3,4)5)58-68-61(64)54-52-50-48-46-44-42-19-17-15-13-11-9-7-2/h8-11,14-17,20-21,23-24,26-27,29-30,32-33,42,44,60H,6-7,12-13,18-19,22,25,28,31,34-41,43,45-59H2,1-5H3/b10-8-,11-9-,16-14-,17-15-,21-20-,24-23-,27-26-,30-29-,33-32-,44-42-. The van der Waals surface area contributed by atoms with Gasteiger partial charge in [-0.1, -0.05) is 212 Å². The van der Waals surface area contributed by atoms with Crippen LogP contribution in [0.25, 0.3) is 0 Å². The van der Waals surface area contributed by atoms with E-state index in [9.17, 15) is 19.0 Å². The molecule has 0 bridgehead atoms. The Morgan fingerprint density at radius 2 is 0.750 bits per heavy atom. The van der Waals surface area contributed by atoms with Crippen LogP contribution in [0.15, 0.2) is 122 Å². The number of phosphoric ester groups is 1. The summed E-state index contributed by atoms with van der Waals surface area (Å²) in [5, 5.41) is 0. The predicted octanol–water partition coefficient (Wildman–Crippen LogP) is 17.0. The van der Waals surface area contributed by atoms with Crippen molar-refractivity contribution in [1.29, 1.82) is 0 Å². The monoisotopic (exact) mass is 1020 g/mol. The number of hydrogen-bond donors (Lipinski definition) is 0. The highest BCUT2D eigenvalue weighted by Crippen LogP contribution is 2.38. The molecule has 72 heavy (non-hydrogen) atoms. The molecule has 0 aliphatic heterocycles. The number of carbonyl (C=O) groups is 2. The molecule has 2 atom stereocenters. The van der Waals surface area contributed by atoms with E-state index in [-0.39, 0.29) is 26.1 Å². The first-order valence-corrected chi connectivity index (χ1v) is 29.7.